The van der Waals surface area contributed by atoms with Gasteiger partial charge in [-0.3, -0.25) is 14.6 Å². The van der Waals surface area contributed by atoms with Crippen molar-refractivity contribution < 1.29 is 9.21 Å². The van der Waals surface area contributed by atoms with E-state index in [-0.39, 0.29) is 11.8 Å². The highest BCUT2D eigenvalue weighted by Crippen LogP contribution is 2.25. The van der Waals surface area contributed by atoms with Crippen LogP contribution in [0, 0.1) is 12.8 Å². The summed E-state index contributed by atoms with van der Waals surface area (Å²) in [5.41, 5.74) is 1.40. The maximum absolute atomic E-state index is 12.7. The van der Waals surface area contributed by atoms with E-state index >= 15 is 0 Å². The molecule has 1 atom stereocenters. The Morgan fingerprint density at radius 1 is 1.07 bits per heavy atom. The summed E-state index contributed by atoms with van der Waals surface area (Å²) >= 11 is 0. The molecule has 5 nitrogen and oxygen atoms in total. The molecular formula is C24H33N3O2. The lowest BCUT2D eigenvalue weighted by Gasteiger charge is -2.42. The summed E-state index contributed by atoms with van der Waals surface area (Å²) in [6.45, 7) is 7.77. The minimum Gasteiger partial charge on any atom is -0.465 e. The molecule has 1 aromatic heterocycles. The summed E-state index contributed by atoms with van der Waals surface area (Å²) in [7, 11) is 0. The van der Waals surface area contributed by atoms with E-state index in [9.17, 15) is 4.79 Å². The molecule has 2 fully saturated rings. The molecule has 0 unspecified atom stereocenters. The number of aryl methyl sites for hydroxylation is 1. The Morgan fingerprint density at radius 2 is 1.86 bits per heavy atom. The third-order valence-electron chi connectivity index (χ3n) is 6.38. The second-order valence-electron chi connectivity index (χ2n) is 8.56. The van der Waals surface area contributed by atoms with Gasteiger partial charge in [0.2, 0.25) is 5.91 Å². The van der Waals surface area contributed by atoms with Gasteiger partial charge < -0.3 is 9.73 Å². The molecule has 0 radical (unpaired) electrons. The first-order chi connectivity index (χ1) is 14.2. The Kier molecular flexibility index (Phi) is 6.67. The summed E-state index contributed by atoms with van der Waals surface area (Å²) in [4.78, 5) is 17.8. The molecule has 0 bridgehead atoms. The maximum Gasteiger partial charge on any atom is 0.224 e. The third kappa shape index (κ3) is 5.49. The predicted molar refractivity (Wildman–Crippen MR) is 114 cm³/mol. The largest absolute Gasteiger partial charge is 0.465 e. The highest BCUT2D eigenvalue weighted by atomic mass is 16.3. The molecule has 4 rings (SSSR count). The SMILES string of the molecule is Cc1ccc(CNC(=O)[C@H]2CCCN(C3CCN(Cc4ccccc4)CC3)C2)o1. The van der Waals surface area contributed by atoms with Gasteiger partial charge in [-0.05, 0) is 69.9 Å². The molecule has 2 saturated heterocycles. The summed E-state index contributed by atoms with van der Waals surface area (Å²) in [5, 5.41) is 3.07. The van der Waals surface area contributed by atoms with E-state index in [0.717, 1.165) is 57.1 Å². The van der Waals surface area contributed by atoms with Crippen LogP contribution in [-0.4, -0.2) is 47.9 Å². The van der Waals surface area contributed by atoms with Crippen LogP contribution >= 0.6 is 0 Å². The average molecular weight is 396 g/mol. The number of likely N-dealkylation sites (tertiary alicyclic amines) is 2. The smallest absolute Gasteiger partial charge is 0.224 e. The highest BCUT2D eigenvalue weighted by Gasteiger charge is 2.31. The second kappa shape index (κ2) is 9.59. The standard InChI is InChI=1S/C24H33N3O2/c1-19-9-10-23(29-19)16-25-24(28)21-8-5-13-27(18-21)22-11-14-26(15-12-22)17-20-6-3-2-4-7-20/h2-4,6-7,9-10,21-22H,5,8,11-18H2,1H3,(H,25,28)/t21-/m0/s1. The van der Waals surface area contributed by atoms with Crippen LogP contribution in [0.25, 0.3) is 0 Å². The Bertz CT molecular complexity index is 780. The van der Waals surface area contributed by atoms with Gasteiger partial charge in [-0.1, -0.05) is 30.3 Å². The molecule has 0 spiro atoms. The van der Waals surface area contributed by atoms with E-state index < -0.39 is 0 Å². The fourth-order valence-electron chi connectivity index (χ4n) is 4.73. The number of piperidine rings is 2. The van der Waals surface area contributed by atoms with Gasteiger partial charge >= 0.3 is 0 Å². The number of carbonyl (C=O) groups is 1. The number of rotatable bonds is 6. The van der Waals surface area contributed by atoms with E-state index in [0.29, 0.717) is 12.6 Å². The first-order valence-electron chi connectivity index (χ1n) is 11.0. The zero-order valence-corrected chi connectivity index (χ0v) is 17.5. The molecule has 1 aromatic carbocycles. The van der Waals surface area contributed by atoms with Crippen molar-refractivity contribution in [1.29, 1.82) is 0 Å². The Balaban J connectivity index is 1.23. The highest BCUT2D eigenvalue weighted by molar-refractivity contribution is 5.78. The molecule has 0 aliphatic carbocycles. The Hall–Kier alpha value is -2.11. The number of nitrogens with one attached hydrogen (secondary N) is 1. The number of amides is 1. The van der Waals surface area contributed by atoms with Crippen molar-refractivity contribution >= 4 is 5.91 Å². The van der Waals surface area contributed by atoms with Crippen molar-refractivity contribution in [2.75, 3.05) is 26.2 Å². The lowest BCUT2D eigenvalue weighted by molar-refractivity contribution is -0.127. The zero-order valence-electron chi connectivity index (χ0n) is 17.5. The van der Waals surface area contributed by atoms with Crippen LogP contribution in [-0.2, 0) is 17.9 Å². The van der Waals surface area contributed by atoms with Crippen LogP contribution < -0.4 is 5.32 Å². The Morgan fingerprint density at radius 3 is 2.59 bits per heavy atom. The van der Waals surface area contributed by atoms with Crippen molar-refractivity contribution in [3.63, 3.8) is 0 Å². The van der Waals surface area contributed by atoms with Crippen LogP contribution in [0.15, 0.2) is 46.9 Å². The number of carbonyl (C=O) groups excluding carboxylic acids is 1. The van der Waals surface area contributed by atoms with Gasteiger partial charge in [0, 0.05) is 19.1 Å². The number of hydrogen-bond donors (Lipinski definition) is 1. The molecule has 29 heavy (non-hydrogen) atoms. The van der Waals surface area contributed by atoms with Crippen molar-refractivity contribution in [2.45, 2.75) is 51.7 Å². The molecule has 2 aromatic rings. The van der Waals surface area contributed by atoms with Crippen molar-refractivity contribution in [1.82, 2.24) is 15.1 Å². The number of hydrogen-bond acceptors (Lipinski definition) is 4. The summed E-state index contributed by atoms with van der Waals surface area (Å²) in [5.74, 6) is 1.98. The van der Waals surface area contributed by atoms with E-state index in [4.69, 9.17) is 4.42 Å². The van der Waals surface area contributed by atoms with Gasteiger partial charge in [0.15, 0.2) is 0 Å². The molecule has 2 aliphatic rings. The molecule has 2 aliphatic heterocycles. The van der Waals surface area contributed by atoms with Gasteiger partial charge in [0.05, 0.1) is 12.5 Å². The first kappa shape index (κ1) is 20.2. The zero-order chi connectivity index (χ0) is 20.1. The summed E-state index contributed by atoms with van der Waals surface area (Å²) in [6, 6.07) is 15.2. The minimum absolute atomic E-state index is 0.0992. The topological polar surface area (TPSA) is 48.7 Å². The van der Waals surface area contributed by atoms with Crippen LogP contribution in [0.2, 0.25) is 0 Å². The van der Waals surface area contributed by atoms with Crippen molar-refractivity contribution in [2.24, 2.45) is 5.92 Å². The van der Waals surface area contributed by atoms with E-state index in [1.54, 1.807) is 0 Å². The van der Waals surface area contributed by atoms with Gasteiger partial charge in [-0.15, -0.1) is 0 Å². The molecule has 1 amide bonds. The summed E-state index contributed by atoms with van der Waals surface area (Å²) in [6.07, 6.45) is 4.51. The van der Waals surface area contributed by atoms with Crippen molar-refractivity contribution in [3.05, 3.63) is 59.5 Å². The van der Waals surface area contributed by atoms with Crippen LogP contribution in [0.1, 0.15) is 42.8 Å². The molecule has 1 N–H and O–H groups in total. The number of nitrogens with zero attached hydrogens (tertiary/aromatic N) is 2. The lowest BCUT2D eigenvalue weighted by Crippen LogP contribution is -2.50. The normalized spacial score (nSPS) is 21.9. The monoisotopic (exact) mass is 395 g/mol. The van der Waals surface area contributed by atoms with E-state index in [1.165, 1.54) is 18.4 Å². The predicted octanol–water partition coefficient (Wildman–Crippen LogP) is 3.58. The molecular weight excluding hydrogens is 362 g/mol. The third-order valence-corrected chi connectivity index (χ3v) is 6.38. The van der Waals surface area contributed by atoms with Gasteiger partial charge in [0.25, 0.3) is 0 Å². The lowest BCUT2D eigenvalue weighted by atomic mass is 9.93. The van der Waals surface area contributed by atoms with Crippen LogP contribution in [0.4, 0.5) is 0 Å². The van der Waals surface area contributed by atoms with Gasteiger partial charge in [-0.25, -0.2) is 0 Å². The van der Waals surface area contributed by atoms with Crippen LogP contribution in [0.5, 0.6) is 0 Å². The molecule has 0 saturated carbocycles. The average Bonchev–Trinajstić information content (AvgIpc) is 3.18. The van der Waals surface area contributed by atoms with Gasteiger partial charge in [-0.2, -0.15) is 0 Å². The minimum atomic E-state index is 0.0992. The summed E-state index contributed by atoms with van der Waals surface area (Å²) < 4.78 is 5.56. The molecule has 156 valence electrons. The van der Waals surface area contributed by atoms with Crippen LogP contribution in [0.3, 0.4) is 0 Å². The maximum atomic E-state index is 12.7. The fraction of sp³-hybridized carbons (Fsp3) is 0.542. The Labute approximate surface area is 174 Å². The van der Waals surface area contributed by atoms with E-state index in [1.807, 2.05) is 19.1 Å². The van der Waals surface area contributed by atoms with E-state index in [2.05, 4.69) is 45.4 Å². The number of furan rings is 1. The molecule has 3 heterocycles. The van der Waals surface area contributed by atoms with Gasteiger partial charge in [0.1, 0.15) is 11.5 Å². The molecule has 5 heteroatoms. The number of benzene rings is 1. The van der Waals surface area contributed by atoms with Crippen molar-refractivity contribution in [3.8, 4) is 0 Å². The fourth-order valence-corrected chi connectivity index (χ4v) is 4.73. The quantitative estimate of drug-likeness (QED) is 0.812. The second-order valence-corrected chi connectivity index (χ2v) is 8.56. The first-order valence-corrected chi connectivity index (χ1v) is 11.0.